The zero-order chi connectivity index (χ0) is 28.3. The molecule has 0 fully saturated rings. The smallest absolute Gasteiger partial charge is 0.426 e. The SMILES string of the molecule is COCC(COC)OC(=O)OCOP(=O)(OCOC(=O)OC(COC)COC)OC[C@@](C)(OC)[C@H](C)O. The lowest BCUT2D eigenvalue weighted by Gasteiger charge is -2.31. The van der Waals surface area contributed by atoms with Crippen molar-refractivity contribution in [2.24, 2.45) is 0 Å². The molecule has 0 aliphatic carbocycles. The number of phosphoric ester groups is 1. The molecule has 0 aliphatic rings. The van der Waals surface area contributed by atoms with Crippen molar-refractivity contribution in [1.82, 2.24) is 0 Å². The third-order valence-corrected chi connectivity index (χ3v) is 5.86. The first-order valence-electron chi connectivity index (χ1n) is 10.9. The Bertz CT molecular complexity index is 625. The summed E-state index contributed by atoms with van der Waals surface area (Å²) >= 11 is 0. The van der Waals surface area contributed by atoms with E-state index in [1.165, 1.54) is 49.4 Å². The largest absolute Gasteiger partial charge is 0.510 e. The monoisotopic (exact) mass is 566 g/mol. The van der Waals surface area contributed by atoms with Gasteiger partial charge in [0.1, 0.15) is 5.60 Å². The van der Waals surface area contributed by atoms with E-state index in [0.717, 1.165) is 0 Å². The normalized spacial score (nSPS) is 14.3. The van der Waals surface area contributed by atoms with Gasteiger partial charge >= 0.3 is 20.1 Å². The molecule has 0 amide bonds. The van der Waals surface area contributed by atoms with Gasteiger partial charge in [0.2, 0.25) is 13.6 Å². The van der Waals surface area contributed by atoms with Crippen molar-refractivity contribution in [2.45, 2.75) is 37.8 Å². The molecule has 0 bridgehead atoms. The summed E-state index contributed by atoms with van der Waals surface area (Å²) in [7, 11) is 2.35. The zero-order valence-corrected chi connectivity index (χ0v) is 23.1. The second-order valence-electron chi connectivity index (χ2n) is 7.50. The van der Waals surface area contributed by atoms with E-state index in [1.807, 2.05) is 0 Å². The lowest BCUT2D eigenvalue weighted by atomic mass is 10.0. The second kappa shape index (κ2) is 19.5. The number of carbonyl (C=O) groups is 2. The Morgan fingerprint density at radius 1 is 0.757 bits per heavy atom. The molecule has 0 saturated carbocycles. The van der Waals surface area contributed by atoms with Gasteiger partial charge in [0, 0.05) is 35.5 Å². The number of rotatable bonds is 21. The molecular formula is C20H39O16P. The van der Waals surface area contributed by atoms with Crippen LogP contribution in [0.3, 0.4) is 0 Å². The average Bonchev–Trinajstić information content (AvgIpc) is 2.83. The Morgan fingerprint density at radius 3 is 1.43 bits per heavy atom. The average molecular weight is 566 g/mol. The fraction of sp³-hybridized carbons (Fsp3) is 0.900. The van der Waals surface area contributed by atoms with E-state index in [0.29, 0.717) is 0 Å². The number of aliphatic hydroxyl groups is 1. The molecule has 16 nitrogen and oxygen atoms in total. The van der Waals surface area contributed by atoms with E-state index >= 15 is 0 Å². The minimum absolute atomic E-state index is 0.0342. The maximum absolute atomic E-state index is 13.1. The molecule has 0 radical (unpaired) electrons. The van der Waals surface area contributed by atoms with E-state index < -0.39 is 64.2 Å². The lowest BCUT2D eigenvalue weighted by Crippen LogP contribution is -2.43. The maximum atomic E-state index is 13.1. The highest BCUT2D eigenvalue weighted by Gasteiger charge is 2.37. The molecule has 17 heteroatoms. The highest BCUT2D eigenvalue weighted by molar-refractivity contribution is 7.48. The molecule has 0 spiro atoms. The van der Waals surface area contributed by atoms with Gasteiger partial charge in [0.05, 0.1) is 39.1 Å². The van der Waals surface area contributed by atoms with Crippen molar-refractivity contribution in [3.63, 3.8) is 0 Å². The summed E-state index contributed by atoms with van der Waals surface area (Å²) in [5.41, 5.74) is -1.32. The zero-order valence-electron chi connectivity index (χ0n) is 22.2. The van der Waals surface area contributed by atoms with Gasteiger partial charge in [-0.1, -0.05) is 0 Å². The summed E-state index contributed by atoms with van der Waals surface area (Å²) in [6.07, 6.45) is -4.96. The van der Waals surface area contributed by atoms with Crippen molar-refractivity contribution in [3.8, 4) is 0 Å². The molecule has 2 atom stereocenters. The number of phosphoric acid groups is 1. The van der Waals surface area contributed by atoms with E-state index in [1.54, 1.807) is 0 Å². The third-order valence-electron chi connectivity index (χ3n) is 4.57. The van der Waals surface area contributed by atoms with Crippen LogP contribution in [0.15, 0.2) is 0 Å². The fourth-order valence-electron chi connectivity index (χ4n) is 2.26. The molecule has 0 rings (SSSR count). The first-order chi connectivity index (χ1) is 17.5. The van der Waals surface area contributed by atoms with Gasteiger partial charge < -0.3 is 47.7 Å². The van der Waals surface area contributed by atoms with Crippen LogP contribution in [0.5, 0.6) is 0 Å². The number of ether oxygens (including phenoxy) is 9. The molecule has 220 valence electrons. The topological polar surface area (TPSA) is 182 Å². The molecular weight excluding hydrogens is 527 g/mol. The molecule has 0 saturated heterocycles. The second-order valence-corrected chi connectivity index (χ2v) is 9.17. The van der Waals surface area contributed by atoms with Crippen LogP contribution in [0.25, 0.3) is 0 Å². The van der Waals surface area contributed by atoms with Crippen molar-refractivity contribution in [1.29, 1.82) is 0 Å². The van der Waals surface area contributed by atoms with E-state index in [2.05, 4.69) is 0 Å². The first kappa shape index (κ1) is 35.4. The highest BCUT2D eigenvalue weighted by Crippen LogP contribution is 2.50. The molecule has 0 heterocycles. The van der Waals surface area contributed by atoms with Crippen LogP contribution >= 0.6 is 7.82 Å². The summed E-state index contributed by atoms with van der Waals surface area (Å²) < 4.78 is 72.4. The minimum Gasteiger partial charge on any atom is -0.426 e. The summed E-state index contributed by atoms with van der Waals surface area (Å²) in [4.78, 5) is 23.8. The van der Waals surface area contributed by atoms with Crippen molar-refractivity contribution in [2.75, 3.05) is 82.2 Å². The summed E-state index contributed by atoms with van der Waals surface area (Å²) in [6.45, 7) is 0.676. The van der Waals surface area contributed by atoms with Crippen molar-refractivity contribution < 1.29 is 75.5 Å². The van der Waals surface area contributed by atoms with Gasteiger partial charge in [-0.3, -0.25) is 4.52 Å². The van der Waals surface area contributed by atoms with Gasteiger partial charge in [-0.15, -0.1) is 0 Å². The highest BCUT2D eigenvalue weighted by atomic mass is 31.2. The van der Waals surface area contributed by atoms with Gasteiger partial charge in [-0.05, 0) is 13.8 Å². The number of carbonyl (C=O) groups excluding carboxylic acids is 2. The number of methoxy groups -OCH3 is 5. The quantitative estimate of drug-likeness (QED) is 0.120. The van der Waals surface area contributed by atoms with Crippen LogP contribution in [-0.4, -0.2) is 123 Å². The predicted molar refractivity (Wildman–Crippen MR) is 123 cm³/mol. The van der Waals surface area contributed by atoms with Crippen LogP contribution in [0.4, 0.5) is 9.59 Å². The Balaban J connectivity index is 5.08. The number of hydrogen-bond acceptors (Lipinski definition) is 16. The van der Waals surface area contributed by atoms with Gasteiger partial charge in [0.25, 0.3) is 0 Å². The fourth-order valence-corrected chi connectivity index (χ4v) is 3.26. The van der Waals surface area contributed by atoms with E-state index in [9.17, 15) is 19.3 Å². The van der Waals surface area contributed by atoms with Crippen LogP contribution < -0.4 is 0 Å². The molecule has 0 aromatic rings. The van der Waals surface area contributed by atoms with Crippen LogP contribution in [-0.2, 0) is 60.8 Å². The molecule has 0 aromatic heterocycles. The minimum atomic E-state index is -4.56. The van der Waals surface area contributed by atoms with Crippen LogP contribution in [0.1, 0.15) is 13.8 Å². The van der Waals surface area contributed by atoms with Crippen LogP contribution in [0, 0.1) is 0 Å². The Kier molecular flexibility index (Phi) is 18.6. The molecule has 0 unspecified atom stereocenters. The van der Waals surface area contributed by atoms with E-state index in [-0.39, 0.29) is 26.4 Å². The molecule has 1 N–H and O–H groups in total. The number of aliphatic hydroxyl groups excluding tert-OH is 1. The van der Waals surface area contributed by atoms with Crippen molar-refractivity contribution >= 4 is 20.1 Å². The molecule has 0 aliphatic heterocycles. The van der Waals surface area contributed by atoms with E-state index in [4.69, 9.17) is 56.2 Å². The molecule has 0 aromatic carbocycles. The van der Waals surface area contributed by atoms with Crippen molar-refractivity contribution in [3.05, 3.63) is 0 Å². The Hall–Kier alpha value is -1.59. The molecule has 37 heavy (non-hydrogen) atoms. The standard InChI is InChI=1S/C20H39O16P/c1-15(21)20(2,29-7)12-32-37(24,33-13-30-18(22)35-16(8-25-3)9-26-4)34-14-31-19(23)36-17(10-27-5)11-28-6/h15-17,21H,8-14H2,1-7H3/t15-,20+/m0/s1. The van der Waals surface area contributed by atoms with Crippen LogP contribution in [0.2, 0.25) is 0 Å². The third kappa shape index (κ3) is 15.4. The first-order valence-corrected chi connectivity index (χ1v) is 12.3. The summed E-state index contributed by atoms with van der Waals surface area (Å²) in [6, 6.07) is 0. The number of hydrogen-bond donors (Lipinski definition) is 1. The summed E-state index contributed by atoms with van der Waals surface area (Å²) in [5, 5.41) is 9.92. The van der Waals surface area contributed by atoms with Gasteiger partial charge in [0.15, 0.2) is 12.2 Å². The summed E-state index contributed by atoms with van der Waals surface area (Å²) in [5.74, 6) is 0. The lowest BCUT2D eigenvalue weighted by molar-refractivity contribution is -0.116. The Labute approximate surface area is 216 Å². The van der Waals surface area contributed by atoms with Gasteiger partial charge in [-0.2, -0.15) is 0 Å². The predicted octanol–water partition coefficient (Wildman–Crippen LogP) is 1.47. The van der Waals surface area contributed by atoms with Gasteiger partial charge in [-0.25, -0.2) is 23.2 Å². The maximum Gasteiger partial charge on any atom is 0.510 e. The Morgan fingerprint density at radius 2 is 1.14 bits per heavy atom.